The van der Waals surface area contributed by atoms with Crippen LogP contribution in [-0.4, -0.2) is 67.1 Å². The highest BCUT2D eigenvalue weighted by molar-refractivity contribution is 6.47. The number of aliphatic imine (C=N–C) groups is 4. The average Bonchev–Trinajstić information content (AvgIpc) is 1.61. The van der Waals surface area contributed by atoms with Crippen LogP contribution in [0.15, 0.2) is 194 Å². The lowest BCUT2D eigenvalue weighted by Crippen LogP contribution is -2.37. The number of esters is 1. The Balaban J connectivity index is 1.08. The molecule has 97 heavy (non-hydrogen) atoms. The summed E-state index contributed by atoms with van der Waals surface area (Å²) < 4.78 is 8.75. The molecule has 1 aromatic heterocycles. The fraction of sp³-hybridized carbons (Fsp3) is 0.435. The van der Waals surface area contributed by atoms with Crippen LogP contribution in [0.1, 0.15) is 230 Å². The van der Waals surface area contributed by atoms with Crippen LogP contribution in [0.2, 0.25) is 0 Å². The minimum absolute atomic E-state index is 0.0145. The molecule has 12 heteroatoms. The lowest BCUT2D eigenvalue weighted by Gasteiger charge is -2.36. The molecule has 4 aliphatic carbocycles. The van der Waals surface area contributed by atoms with Crippen molar-refractivity contribution in [2.45, 2.75) is 231 Å². The van der Waals surface area contributed by atoms with Crippen LogP contribution in [0.25, 0.3) is 28.0 Å². The molecule has 0 radical (unpaired) electrons. The Kier molecular flexibility index (Phi) is 19.2. The number of aromatic nitrogens is 2. The molecule has 0 spiro atoms. The van der Waals surface area contributed by atoms with Crippen LogP contribution in [0.4, 0.5) is 22.7 Å². The number of para-hydroxylation sites is 4. The Morgan fingerprint density at radius 2 is 0.887 bits per heavy atom. The van der Waals surface area contributed by atoms with Crippen molar-refractivity contribution in [3.8, 4) is 0 Å². The van der Waals surface area contributed by atoms with Crippen molar-refractivity contribution < 1.29 is 9.53 Å². The van der Waals surface area contributed by atoms with Crippen LogP contribution in [0.3, 0.4) is 0 Å². The molecule has 502 valence electrons. The third-order valence-electron chi connectivity index (χ3n) is 22.2. The van der Waals surface area contributed by atoms with Gasteiger partial charge in [0.1, 0.15) is 12.4 Å². The van der Waals surface area contributed by atoms with Crippen LogP contribution in [-0.2, 0) is 9.53 Å². The number of unbranched alkanes of at least 4 members (excludes halogenated alkanes) is 4. The van der Waals surface area contributed by atoms with E-state index in [9.17, 15) is 4.79 Å². The van der Waals surface area contributed by atoms with E-state index in [-0.39, 0.29) is 34.7 Å². The van der Waals surface area contributed by atoms with Gasteiger partial charge in [0.05, 0.1) is 51.3 Å². The van der Waals surface area contributed by atoms with Crippen LogP contribution < -0.4 is 21.3 Å². The van der Waals surface area contributed by atoms with E-state index in [1.54, 1.807) is 0 Å². The molecule has 9 aliphatic rings. The van der Waals surface area contributed by atoms with Crippen molar-refractivity contribution in [3.63, 3.8) is 0 Å². The molecule has 14 rings (SSSR count). The number of allylic oxidation sites excluding steroid dienone is 11. The van der Waals surface area contributed by atoms with E-state index in [0.717, 1.165) is 215 Å². The van der Waals surface area contributed by atoms with Gasteiger partial charge in [-0.25, -0.2) is 25.0 Å². The van der Waals surface area contributed by atoms with E-state index in [1.165, 1.54) is 64.2 Å². The zero-order valence-electron chi connectivity index (χ0n) is 58.4. The van der Waals surface area contributed by atoms with Gasteiger partial charge in [-0.2, -0.15) is 0 Å². The molecular weight excluding hydrogens is 1190 g/mol. The molecule has 0 unspecified atom stereocenters. The van der Waals surface area contributed by atoms with Gasteiger partial charge in [-0.1, -0.05) is 182 Å². The number of imidazole rings is 1. The standard InChI is InChI=1S/C85H100N10O2/c1-7-8-9-10-15-40-75(96)97-57-59-55-72-77(61-33-17-21-37-65(61)92-83(4)47-26-12-27-48-83)73-56-74(95-54-53-86-58(95)2)81(90-73)79(63-35-19-23-39-67(63)94-85(6)51-30-14-31-52-85)71-44-42-69(88-71)76(60-32-16-20-36-64(60)91-82(3)45-24-11-25-46-82)68-41-43-70(87-68)78(80(59)89-72)62-34-18-22-38-66(62)93-84(5)49-28-13-29-50-84/h16-23,32-39,41-44,53-56,91-94H,7-15,24-31,40,45-52,57H2,1-6H3. The highest BCUT2D eigenvalue weighted by atomic mass is 16.5. The first kappa shape index (κ1) is 65.6. The van der Waals surface area contributed by atoms with Crippen LogP contribution >= 0.6 is 0 Å². The first-order valence-electron chi connectivity index (χ1n) is 37.0. The maximum atomic E-state index is 14.3. The molecule has 4 fully saturated rings. The maximum absolute atomic E-state index is 14.3. The quantitative estimate of drug-likeness (QED) is 0.0423. The Bertz CT molecular complexity index is 4230. The number of nitrogens with zero attached hydrogens (tertiary/aromatic N) is 6. The summed E-state index contributed by atoms with van der Waals surface area (Å²) in [6, 6.07) is 35.1. The predicted octanol–water partition coefficient (Wildman–Crippen LogP) is 21.0. The second-order valence-corrected chi connectivity index (χ2v) is 30.2. The summed E-state index contributed by atoms with van der Waals surface area (Å²) in [5.74, 6) is 0.621. The summed E-state index contributed by atoms with van der Waals surface area (Å²) in [5, 5.41) is 16.7. The summed E-state index contributed by atoms with van der Waals surface area (Å²) in [7, 11) is 0. The molecule has 4 N–H and O–H groups in total. The van der Waals surface area contributed by atoms with Crippen LogP contribution in [0, 0.1) is 6.92 Å². The molecule has 0 saturated heterocycles. The number of ether oxygens (including phenoxy) is 1. The van der Waals surface area contributed by atoms with E-state index in [4.69, 9.17) is 29.7 Å². The number of hydrogen-bond acceptors (Lipinski definition) is 11. The molecule has 5 aromatic rings. The highest BCUT2D eigenvalue weighted by Gasteiger charge is 2.38. The molecule has 0 amide bonds. The zero-order valence-corrected chi connectivity index (χ0v) is 58.4. The number of aryl methyl sites for hydroxylation is 1. The normalized spacial score (nSPS) is 20.8. The van der Waals surface area contributed by atoms with Gasteiger partial charge in [-0.05, 0) is 153 Å². The second-order valence-electron chi connectivity index (χ2n) is 30.2. The van der Waals surface area contributed by atoms with E-state index in [2.05, 4.69) is 207 Å². The van der Waals surface area contributed by atoms with Gasteiger partial charge in [-0.15, -0.1) is 0 Å². The van der Waals surface area contributed by atoms with Crippen molar-refractivity contribution in [1.29, 1.82) is 0 Å². The van der Waals surface area contributed by atoms with E-state index in [0.29, 0.717) is 17.8 Å². The van der Waals surface area contributed by atoms with Gasteiger partial charge in [0.25, 0.3) is 0 Å². The summed E-state index contributed by atoms with van der Waals surface area (Å²) in [4.78, 5) is 43.4. The van der Waals surface area contributed by atoms with Crippen LogP contribution in [0.5, 0.6) is 0 Å². The number of rotatable bonds is 21. The smallest absolute Gasteiger partial charge is 0.306 e. The van der Waals surface area contributed by atoms with Gasteiger partial charge in [-0.3, -0.25) is 4.79 Å². The van der Waals surface area contributed by atoms with Crippen molar-refractivity contribution in [2.24, 2.45) is 20.0 Å². The number of nitrogens with one attached hydrogen (secondary N) is 4. The van der Waals surface area contributed by atoms with E-state index < -0.39 is 0 Å². The minimum Gasteiger partial charge on any atom is -0.461 e. The minimum atomic E-state index is -0.210. The predicted molar refractivity (Wildman–Crippen MR) is 406 cm³/mol. The summed E-state index contributed by atoms with van der Waals surface area (Å²) in [5.41, 5.74) is 18.9. The summed E-state index contributed by atoms with van der Waals surface area (Å²) >= 11 is 0. The number of fused-ring (bicyclic) bond motifs is 4. The van der Waals surface area contributed by atoms with Crippen molar-refractivity contribution in [3.05, 3.63) is 202 Å². The molecular formula is C85H100N10O2. The van der Waals surface area contributed by atoms with Crippen molar-refractivity contribution >= 4 is 79.6 Å². The highest BCUT2D eigenvalue weighted by Crippen LogP contribution is 2.48. The fourth-order valence-corrected chi connectivity index (χ4v) is 16.8. The van der Waals surface area contributed by atoms with Gasteiger partial charge in [0.15, 0.2) is 0 Å². The maximum Gasteiger partial charge on any atom is 0.306 e. The van der Waals surface area contributed by atoms with Gasteiger partial charge in [0.2, 0.25) is 0 Å². The van der Waals surface area contributed by atoms with Gasteiger partial charge >= 0.3 is 5.97 Å². The Morgan fingerprint density at radius 1 is 0.464 bits per heavy atom. The summed E-state index contributed by atoms with van der Waals surface area (Å²) in [6.07, 6.45) is 45.6. The fourth-order valence-electron chi connectivity index (χ4n) is 16.8. The molecule has 5 aliphatic heterocycles. The number of benzene rings is 4. The molecule has 4 saturated carbocycles. The lowest BCUT2D eigenvalue weighted by molar-refractivity contribution is -0.142. The second kappa shape index (κ2) is 28.4. The average molecular weight is 1290 g/mol. The number of carbonyl (C=O) groups is 1. The van der Waals surface area contributed by atoms with Gasteiger partial charge in [0, 0.05) is 114 Å². The molecule has 6 heterocycles. The first-order valence-corrected chi connectivity index (χ1v) is 37.0. The monoisotopic (exact) mass is 1290 g/mol. The molecule has 4 aromatic carbocycles. The Labute approximate surface area is 576 Å². The van der Waals surface area contributed by atoms with E-state index in [1.807, 2.05) is 6.20 Å². The van der Waals surface area contributed by atoms with Gasteiger partial charge < -0.3 is 30.6 Å². The number of carbonyl (C=O) groups excluding carboxylic acids is 1. The third-order valence-corrected chi connectivity index (χ3v) is 22.2. The third kappa shape index (κ3) is 14.2. The molecule has 8 bridgehead atoms. The molecule has 12 nitrogen and oxygen atoms in total. The number of anilines is 4. The Hall–Kier alpha value is -8.64. The lowest BCUT2D eigenvalue weighted by atomic mass is 9.82. The van der Waals surface area contributed by atoms with E-state index >= 15 is 0 Å². The van der Waals surface area contributed by atoms with Crippen molar-refractivity contribution in [1.82, 2.24) is 9.55 Å². The zero-order chi connectivity index (χ0) is 66.6. The number of hydrogen-bond donors (Lipinski definition) is 4. The Morgan fingerprint density at radius 3 is 1.35 bits per heavy atom. The summed E-state index contributed by atoms with van der Waals surface area (Å²) in [6.45, 7) is 13.9. The SMILES string of the molecule is CCCCCCCC(=O)OCC1=CC2=NC1=C(c1ccccc1NC1(C)CCCCC1)C1=NC(=C(c3ccccc3NC3(C)CCCCC3)C3=NC(=C(c4ccccc4NC4(C)CCCCC4)C4=NC(=C2c2ccccc2NC2(C)CCCCC2)C=C4n2ccnc2C)C=C3)C=C1. The van der Waals surface area contributed by atoms with Crippen molar-refractivity contribution in [2.75, 3.05) is 27.9 Å². The first-order chi connectivity index (χ1) is 47.2. The topological polar surface area (TPSA) is 142 Å². The molecule has 0 atom stereocenters. The largest absolute Gasteiger partial charge is 0.461 e.